The molecule has 0 saturated carbocycles. The molecule has 0 aliphatic rings. The van der Waals surface area contributed by atoms with Crippen LogP contribution in [0.3, 0.4) is 0 Å². The predicted octanol–water partition coefficient (Wildman–Crippen LogP) is 4.64. The van der Waals surface area contributed by atoms with Crippen LogP contribution in [0.15, 0.2) is 48.5 Å². The van der Waals surface area contributed by atoms with Gasteiger partial charge in [0.05, 0.1) is 0 Å². The maximum absolute atomic E-state index is 4.52. The molecule has 16 heavy (non-hydrogen) atoms. The van der Waals surface area contributed by atoms with Crippen molar-refractivity contribution in [2.24, 2.45) is 0 Å². The van der Waals surface area contributed by atoms with E-state index in [1.807, 2.05) is 24.3 Å². The third-order valence-electron chi connectivity index (χ3n) is 2.33. The van der Waals surface area contributed by atoms with Crippen LogP contribution in [0.2, 0.25) is 0 Å². The fourth-order valence-electron chi connectivity index (χ4n) is 1.39. The van der Waals surface area contributed by atoms with Gasteiger partial charge in [0.1, 0.15) is 0 Å². The van der Waals surface area contributed by atoms with E-state index in [9.17, 15) is 0 Å². The van der Waals surface area contributed by atoms with Gasteiger partial charge in [0.15, 0.2) is 0 Å². The molecule has 0 saturated heterocycles. The minimum Gasteiger partial charge on any atom is -0.658 e. The SMILES string of the molecule is Cc1ccc([N-]c2ccc(C)cc2)cc1.[Y]. The zero-order valence-electron chi connectivity index (χ0n) is 9.64. The summed E-state index contributed by atoms with van der Waals surface area (Å²) in [5.41, 5.74) is 4.53. The van der Waals surface area contributed by atoms with Crippen LogP contribution in [0.25, 0.3) is 5.32 Å². The van der Waals surface area contributed by atoms with Gasteiger partial charge in [-0.25, -0.2) is 0 Å². The molecule has 0 fully saturated rings. The maximum atomic E-state index is 4.52. The molecule has 0 spiro atoms. The molecule has 2 aromatic rings. The molecule has 0 atom stereocenters. The quantitative estimate of drug-likeness (QED) is 0.763. The Bertz CT molecular complexity index is 388. The first kappa shape index (κ1) is 13.4. The normalized spacial score (nSPS) is 9.38. The van der Waals surface area contributed by atoms with Crippen molar-refractivity contribution in [3.8, 4) is 0 Å². The Hall–Kier alpha value is -0.656. The molecule has 0 N–H and O–H groups in total. The van der Waals surface area contributed by atoms with Gasteiger partial charge in [-0.15, -0.1) is 11.4 Å². The zero-order chi connectivity index (χ0) is 10.7. The van der Waals surface area contributed by atoms with E-state index in [-0.39, 0.29) is 32.7 Å². The Kier molecular flexibility index (Phi) is 5.17. The maximum Gasteiger partial charge on any atom is 0 e. The van der Waals surface area contributed by atoms with Gasteiger partial charge in [-0.3, -0.25) is 0 Å². The number of nitrogens with zero attached hydrogens (tertiary/aromatic N) is 1. The van der Waals surface area contributed by atoms with Gasteiger partial charge < -0.3 is 5.32 Å². The Labute approximate surface area is 122 Å². The standard InChI is InChI=1S/C14H14N.Y/c1-11-3-7-13(8-4-11)15-14-9-5-12(2)6-10-14;/h3-10H,1-2H3;/q-1;. The number of hydrogen-bond acceptors (Lipinski definition) is 0. The molecule has 0 unspecified atom stereocenters. The van der Waals surface area contributed by atoms with Gasteiger partial charge in [-0.05, 0) is 13.8 Å². The molecule has 0 heterocycles. The molecule has 0 aromatic heterocycles. The van der Waals surface area contributed by atoms with Crippen molar-refractivity contribution in [1.82, 2.24) is 0 Å². The van der Waals surface area contributed by atoms with Crippen LogP contribution in [0.1, 0.15) is 11.1 Å². The second kappa shape index (κ2) is 6.17. The van der Waals surface area contributed by atoms with Crippen molar-refractivity contribution in [2.75, 3.05) is 0 Å². The van der Waals surface area contributed by atoms with Gasteiger partial charge in [0, 0.05) is 32.7 Å². The van der Waals surface area contributed by atoms with Gasteiger partial charge in [0.2, 0.25) is 0 Å². The molecule has 1 nitrogen and oxygen atoms in total. The van der Waals surface area contributed by atoms with Crippen LogP contribution < -0.4 is 0 Å². The molecule has 0 aliphatic heterocycles. The van der Waals surface area contributed by atoms with Crippen molar-refractivity contribution in [1.29, 1.82) is 0 Å². The van der Waals surface area contributed by atoms with Crippen molar-refractivity contribution < 1.29 is 32.7 Å². The molecule has 2 rings (SSSR count). The Balaban J connectivity index is 0.00000128. The summed E-state index contributed by atoms with van der Waals surface area (Å²) in [6, 6.07) is 16.5. The van der Waals surface area contributed by atoms with E-state index < -0.39 is 0 Å². The van der Waals surface area contributed by atoms with E-state index in [0.717, 1.165) is 11.4 Å². The minimum atomic E-state index is 0. The summed E-state index contributed by atoms with van der Waals surface area (Å²) in [6.07, 6.45) is 0. The van der Waals surface area contributed by atoms with Crippen LogP contribution in [0.4, 0.5) is 11.4 Å². The number of hydrogen-bond donors (Lipinski definition) is 0. The van der Waals surface area contributed by atoms with E-state index in [1.165, 1.54) is 11.1 Å². The number of rotatable bonds is 2. The van der Waals surface area contributed by atoms with Crippen molar-refractivity contribution >= 4 is 11.4 Å². The second-order valence-corrected chi connectivity index (χ2v) is 3.78. The summed E-state index contributed by atoms with van der Waals surface area (Å²) in [4.78, 5) is 0. The average Bonchev–Trinajstić information content (AvgIpc) is 2.25. The minimum absolute atomic E-state index is 0. The van der Waals surface area contributed by atoms with Gasteiger partial charge >= 0.3 is 0 Å². The molecule has 2 heteroatoms. The third kappa shape index (κ3) is 3.73. The van der Waals surface area contributed by atoms with Gasteiger partial charge in [-0.1, -0.05) is 59.7 Å². The third-order valence-corrected chi connectivity index (χ3v) is 2.33. The molecular weight excluding hydrogens is 271 g/mol. The topological polar surface area (TPSA) is 14.1 Å². The molecular formula is C14H14NY-. The molecule has 0 bridgehead atoms. The van der Waals surface area contributed by atoms with E-state index in [2.05, 4.69) is 43.4 Å². The van der Waals surface area contributed by atoms with E-state index in [1.54, 1.807) is 0 Å². The van der Waals surface area contributed by atoms with E-state index in [0.29, 0.717) is 0 Å². The van der Waals surface area contributed by atoms with Gasteiger partial charge in [-0.2, -0.15) is 0 Å². The average molecular weight is 285 g/mol. The fraction of sp³-hybridized carbons (Fsp3) is 0.143. The fourth-order valence-corrected chi connectivity index (χ4v) is 1.39. The summed E-state index contributed by atoms with van der Waals surface area (Å²) in [5, 5.41) is 4.52. The summed E-state index contributed by atoms with van der Waals surface area (Å²) >= 11 is 0. The number of benzene rings is 2. The summed E-state index contributed by atoms with van der Waals surface area (Å²) in [5.74, 6) is 0. The zero-order valence-corrected chi connectivity index (χ0v) is 12.5. The molecule has 0 aliphatic carbocycles. The molecule has 79 valence electrons. The monoisotopic (exact) mass is 285 g/mol. The molecule has 1 radical (unpaired) electrons. The Morgan fingerprint density at radius 2 is 0.938 bits per heavy atom. The molecule has 2 aromatic carbocycles. The van der Waals surface area contributed by atoms with Gasteiger partial charge in [0.25, 0.3) is 0 Å². The predicted molar refractivity (Wildman–Crippen MR) is 65.0 cm³/mol. The largest absolute Gasteiger partial charge is 0.658 e. The van der Waals surface area contributed by atoms with Crippen LogP contribution in [0.5, 0.6) is 0 Å². The summed E-state index contributed by atoms with van der Waals surface area (Å²) < 4.78 is 0. The van der Waals surface area contributed by atoms with Crippen LogP contribution in [0, 0.1) is 13.8 Å². The first-order chi connectivity index (χ1) is 7.24. The van der Waals surface area contributed by atoms with Crippen molar-refractivity contribution in [3.05, 3.63) is 65.0 Å². The first-order valence-corrected chi connectivity index (χ1v) is 5.09. The summed E-state index contributed by atoms with van der Waals surface area (Å²) in [6.45, 7) is 4.16. The molecule has 0 amide bonds. The Morgan fingerprint density at radius 3 is 1.25 bits per heavy atom. The van der Waals surface area contributed by atoms with E-state index >= 15 is 0 Å². The van der Waals surface area contributed by atoms with Crippen LogP contribution in [-0.4, -0.2) is 0 Å². The van der Waals surface area contributed by atoms with Crippen molar-refractivity contribution in [3.63, 3.8) is 0 Å². The number of aryl methyl sites for hydroxylation is 2. The van der Waals surface area contributed by atoms with Crippen molar-refractivity contribution in [2.45, 2.75) is 13.8 Å². The van der Waals surface area contributed by atoms with E-state index in [4.69, 9.17) is 0 Å². The van der Waals surface area contributed by atoms with Crippen LogP contribution >= 0.6 is 0 Å². The van der Waals surface area contributed by atoms with Crippen LogP contribution in [-0.2, 0) is 32.7 Å². The second-order valence-electron chi connectivity index (χ2n) is 3.78. The smallest absolute Gasteiger partial charge is 0 e. The first-order valence-electron chi connectivity index (χ1n) is 5.09. The Morgan fingerprint density at radius 1 is 0.625 bits per heavy atom. The summed E-state index contributed by atoms with van der Waals surface area (Å²) in [7, 11) is 0.